The second-order valence-corrected chi connectivity index (χ2v) is 9.35. The summed E-state index contributed by atoms with van der Waals surface area (Å²) >= 11 is 1.24. The number of nitro benzene ring substituents is 1. The average Bonchev–Trinajstić information content (AvgIpc) is 3.63. The molecule has 184 valence electrons. The molecule has 6 aromatic rings. The van der Waals surface area contributed by atoms with Gasteiger partial charge in [0.1, 0.15) is 5.69 Å². The number of aromatic nitrogens is 5. The SMILES string of the molecule is O=c1/c(=C/c2cn(-c3ccccc3)nc2-c2ccc([N+](=O)[O-])cc2)sc2nc(/C=C/c3ccccc3)nn12. The van der Waals surface area contributed by atoms with Crippen molar-refractivity contribution < 1.29 is 4.92 Å². The van der Waals surface area contributed by atoms with E-state index in [0.717, 1.165) is 11.3 Å². The molecule has 0 saturated heterocycles. The molecule has 0 radical (unpaired) electrons. The highest BCUT2D eigenvalue weighted by molar-refractivity contribution is 7.15. The molecule has 0 N–H and O–H groups in total. The lowest BCUT2D eigenvalue weighted by Crippen LogP contribution is -2.23. The summed E-state index contributed by atoms with van der Waals surface area (Å²) in [6.45, 7) is 0. The lowest BCUT2D eigenvalue weighted by Gasteiger charge is -2.00. The van der Waals surface area contributed by atoms with Gasteiger partial charge in [0.2, 0.25) is 4.96 Å². The number of rotatable bonds is 6. The van der Waals surface area contributed by atoms with Crippen molar-refractivity contribution in [1.29, 1.82) is 0 Å². The van der Waals surface area contributed by atoms with Gasteiger partial charge in [0.25, 0.3) is 11.2 Å². The van der Waals surface area contributed by atoms with Gasteiger partial charge < -0.3 is 0 Å². The van der Waals surface area contributed by atoms with Crippen molar-refractivity contribution in [3.8, 4) is 16.9 Å². The van der Waals surface area contributed by atoms with Crippen molar-refractivity contribution in [2.45, 2.75) is 0 Å². The lowest BCUT2D eigenvalue weighted by molar-refractivity contribution is -0.384. The van der Waals surface area contributed by atoms with E-state index in [1.807, 2.05) is 72.9 Å². The minimum atomic E-state index is -0.444. The lowest BCUT2D eigenvalue weighted by atomic mass is 10.1. The number of benzene rings is 3. The molecule has 0 saturated carbocycles. The fourth-order valence-electron chi connectivity index (χ4n) is 3.97. The highest BCUT2D eigenvalue weighted by Crippen LogP contribution is 2.26. The predicted molar refractivity (Wildman–Crippen MR) is 147 cm³/mol. The van der Waals surface area contributed by atoms with Gasteiger partial charge in [-0.15, -0.1) is 5.10 Å². The van der Waals surface area contributed by atoms with Crippen LogP contribution in [-0.4, -0.2) is 29.3 Å². The quantitative estimate of drug-likeness (QED) is 0.235. The Balaban J connectivity index is 1.42. The number of hydrogen-bond donors (Lipinski definition) is 0. The number of thiazole rings is 1. The van der Waals surface area contributed by atoms with Crippen molar-refractivity contribution in [2.75, 3.05) is 0 Å². The first kappa shape index (κ1) is 23.2. The van der Waals surface area contributed by atoms with Crippen LogP contribution in [0.1, 0.15) is 17.0 Å². The molecule has 0 aliphatic heterocycles. The predicted octanol–water partition coefficient (Wildman–Crippen LogP) is 4.63. The van der Waals surface area contributed by atoms with Crippen LogP contribution in [0.15, 0.2) is 95.9 Å². The summed E-state index contributed by atoms with van der Waals surface area (Å²) in [5.74, 6) is 0.451. The maximum atomic E-state index is 13.2. The Bertz CT molecular complexity index is 1910. The third-order valence-corrected chi connectivity index (χ3v) is 6.78. The second-order valence-electron chi connectivity index (χ2n) is 8.34. The molecule has 0 unspecified atom stereocenters. The van der Waals surface area contributed by atoms with Gasteiger partial charge in [-0.3, -0.25) is 14.9 Å². The number of non-ortho nitro benzene ring substituents is 1. The molecule has 9 nitrogen and oxygen atoms in total. The van der Waals surface area contributed by atoms with Crippen molar-refractivity contribution in [1.82, 2.24) is 24.4 Å². The largest absolute Gasteiger partial charge is 0.291 e. The van der Waals surface area contributed by atoms with Crippen LogP contribution in [0.3, 0.4) is 0 Å². The van der Waals surface area contributed by atoms with Crippen LogP contribution in [0.4, 0.5) is 5.69 Å². The number of para-hydroxylation sites is 1. The van der Waals surface area contributed by atoms with Gasteiger partial charge in [0.05, 0.1) is 15.1 Å². The van der Waals surface area contributed by atoms with Crippen LogP contribution in [0.25, 0.3) is 40.1 Å². The van der Waals surface area contributed by atoms with Crippen LogP contribution in [0, 0.1) is 10.1 Å². The molecule has 10 heteroatoms. The zero-order chi connectivity index (χ0) is 26.1. The summed E-state index contributed by atoms with van der Waals surface area (Å²) in [5.41, 5.74) is 3.54. The van der Waals surface area contributed by atoms with E-state index in [4.69, 9.17) is 5.10 Å². The summed E-state index contributed by atoms with van der Waals surface area (Å²) in [7, 11) is 0. The van der Waals surface area contributed by atoms with E-state index in [2.05, 4.69) is 10.1 Å². The van der Waals surface area contributed by atoms with Gasteiger partial charge in [-0.2, -0.15) is 14.6 Å². The van der Waals surface area contributed by atoms with Crippen molar-refractivity contribution >= 4 is 40.2 Å². The highest BCUT2D eigenvalue weighted by atomic mass is 32.1. The molecule has 0 spiro atoms. The smallest absolute Gasteiger partial charge is 0.266 e. The van der Waals surface area contributed by atoms with Crippen molar-refractivity contribution in [3.63, 3.8) is 0 Å². The Morgan fingerprint density at radius 3 is 2.26 bits per heavy atom. The van der Waals surface area contributed by atoms with Gasteiger partial charge in [-0.25, -0.2) is 4.68 Å². The third kappa shape index (κ3) is 4.51. The standard InChI is InChI=1S/C28H18N6O3S/c35-27-24(38-28-29-25(30-33(27)28)16-11-19-7-3-1-4-8-19)17-21-18-32(22-9-5-2-6-10-22)31-26(21)20-12-14-23(15-13-20)34(36)37/h1-18H/b16-11+,24-17-. The zero-order valence-electron chi connectivity index (χ0n) is 19.7. The molecule has 0 aliphatic rings. The van der Waals surface area contributed by atoms with Crippen LogP contribution >= 0.6 is 11.3 Å². The summed E-state index contributed by atoms with van der Waals surface area (Å²) < 4.78 is 3.47. The molecule has 0 atom stereocenters. The first-order valence-corrected chi connectivity index (χ1v) is 12.4. The van der Waals surface area contributed by atoms with E-state index in [0.29, 0.717) is 32.1 Å². The maximum Gasteiger partial charge on any atom is 0.291 e. The summed E-state index contributed by atoms with van der Waals surface area (Å²) in [6, 6.07) is 25.5. The van der Waals surface area contributed by atoms with Crippen LogP contribution in [0.2, 0.25) is 0 Å². The molecule has 3 heterocycles. The first-order chi connectivity index (χ1) is 18.5. The maximum absolute atomic E-state index is 13.2. The van der Waals surface area contributed by atoms with Crippen LogP contribution < -0.4 is 10.1 Å². The molecule has 0 bridgehead atoms. The number of nitrogens with zero attached hydrogens (tertiary/aromatic N) is 6. The molecule has 3 aromatic heterocycles. The molecular weight excluding hydrogens is 500 g/mol. The monoisotopic (exact) mass is 518 g/mol. The molecule has 0 aliphatic carbocycles. The van der Waals surface area contributed by atoms with Gasteiger partial charge in [0.15, 0.2) is 5.82 Å². The third-order valence-electron chi connectivity index (χ3n) is 5.82. The normalized spacial score (nSPS) is 12.1. The van der Waals surface area contributed by atoms with E-state index >= 15 is 0 Å². The van der Waals surface area contributed by atoms with E-state index in [1.54, 1.807) is 29.0 Å². The fraction of sp³-hybridized carbons (Fsp3) is 0. The molecule has 38 heavy (non-hydrogen) atoms. The van der Waals surface area contributed by atoms with E-state index < -0.39 is 4.92 Å². The summed E-state index contributed by atoms with van der Waals surface area (Å²) in [6.07, 6.45) is 7.25. The van der Waals surface area contributed by atoms with E-state index in [1.165, 1.54) is 28.0 Å². The fourth-order valence-corrected chi connectivity index (χ4v) is 4.87. The van der Waals surface area contributed by atoms with Gasteiger partial charge in [-0.05, 0) is 42.0 Å². The minimum Gasteiger partial charge on any atom is -0.266 e. The number of fused-ring (bicyclic) bond motifs is 1. The van der Waals surface area contributed by atoms with E-state index in [9.17, 15) is 14.9 Å². The highest BCUT2D eigenvalue weighted by Gasteiger charge is 2.15. The molecular formula is C28H18N6O3S. The minimum absolute atomic E-state index is 0.00807. The van der Waals surface area contributed by atoms with Gasteiger partial charge >= 0.3 is 0 Å². The zero-order valence-corrected chi connectivity index (χ0v) is 20.5. The average molecular weight is 519 g/mol. The van der Waals surface area contributed by atoms with E-state index in [-0.39, 0.29) is 11.2 Å². The molecule has 6 rings (SSSR count). The Kier molecular flexibility index (Phi) is 5.91. The van der Waals surface area contributed by atoms with Crippen molar-refractivity contribution in [2.24, 2.45) is 0 Å². The number of nitro groups is 1. The van der Waals surface area contributed by atoms with Gasteiger partial charge in [0, 0.05) is 29.5 Å². The Morgan fingerprint density at radius 1 is 0.868 bits per heavy atom. The second kappa shape index (κ2) is 9.68. The van der Waals surface area contributed by atoms with Gasteiger partial charge in [-0.1, -0.05) is 65.9 Å². The Hall–Kier alpha value is -5.22. The Labute approximate surface area is 219 Å². The first-order valence-electron chi connectivity index (χ1n) is 11.6. The Morgan fingerprint density at radius 2 is 1.58 bits per heavy atom. The van der Waals surface area contributed by atoms with Crippen molar-refractivity contribution in [3.05, 3.63) is 133 Å². The topological polar surface area (TPSA) is 108 Å². The number of hydrogen-bond acceptors (Lipinski definition) is 7. The molecule has 3 aromatic carbocycles. The molecule has 0 fully saturated rings. The summed E-state index contributed by atoms with van der Waals surface area (Å²) in [4.78, 5) is 28.8. The summed E-state index contributed by atoms with van der Waals surface area (Å²) in [5, 5.41) is 20.2. The van der Waals surface area contributed by atoms with Crippen LogP contribution in [0.5, 0.6) is 0 Å². The van der Waals surface area contributed by atoms with Crippen LogP contribution in [-0.2, 0) is 0 Å². The molecule has 0 amide bonds.